The van der Waals surface area contributed by atoms with Crippen LogP contribution in [0.2, 0.25) is 0 Å². The van der Waals surface area contributed by atoms with Gasteiger partial charge in [-0.1, -0.05) is 6.07 Å². The number of hydrogen-bond acceptors (Lipinski definition) is 8. The third-order valence-electron chi connectivity index (χ3n) is 6.30. The minimum Gasteiger partial charge on any atom is -0.444 e. The number of nitriles is 1. The first-order chi connectivity index (χ1) is 20.7. The van der Waals surface area contributed by atoms with Gasteiger partial charge in [-0.15, -0.1) is 0 Å². The molecule has 0 aliphatic carbocycles. The third-order valence-corrected chi connectivity index (χ3v) is 6.30. The molecule has 0 aliphatic heterocycles. The van der Waals surface area contributed by atoms with Crippen LogP contribution in [-0.4, -0.2) is 84.5 Å². The first-order valence-electron chi connectivity index (χ1n) is 14.7. The van der Waals surface area contributed by atoms with Crippen molar-refractivity contribution in [1.82, 2.24) is 24.8 Å². The van der Waals surface area contributed by atoms with E-state index in [1.54, 1.807) is 6.20 Å². The molecule has 2 amide bonds. The quantitative estimate of drug-likeness (QED) is 0.200. The standard InChI is InChI=1S/C31H44N6O6/c1-31(2,3)43-30(39)35-12-17-41-19-21-42-20-18-40-16-11-34-29(38)6-4-5-13-36-15-10-33-28(36)24-37-14-9-26-8-7-25(23-32)22-27(26)37/h7-10,14-15,22H,4-6,11-13,16-21,24H2,1-3H3,(H,34,38)(H,35,39). The molecule has 2 N–H and O–H groups in total. The average molecular weight is 597 g/mol. The number of nitrogens with zero attached hydrogens (tertiary/aromatic N) is 4. The maximum Gasteiger partial charge on any atom is 0.407 e. The Balaban J connectivity index is 1.15. The number of fused-ring (bicyclic) bond motifs is 1. The number of aryl methyl sites for hydroxylation is 1. The van der Waals surface area contributed by atoms with E-state index in [1.165, 1.54) is 0 Å². The summed E-state index contributed by atoms with van der Waals surface area (Å²) < 4.78 is 25.7. The van der Waals surface area contributed by atoms with Gasteiger partial charge in [0.1, 0.15) is 11.4 Å². The number of carbonyl (C=O) groups excluding carboxylic acids is 2. The van der Waals surface area contributed by atoms with Crippen LogP contribution in [0.4, 0.5) is 4.79 Å². The second kappa shape index (κ2) is 17.9. The number of imidazole rings is 1. The molecule has 0 saturated heterocycles. The van der Waals surface area contributed by atoms with E-state index in [0.29, 0.717) is 71.3 Å². The summed E-state index contributed by atoms with van der Waals surface area (Å²) in [6.45, 7) is 10.2. The molecule has 0 saturated carbocycles. The minimum atomic E-state index is -0.521. The Labute approximate surface area is 253 Å². The van der Waals surface area contributed by atoms with E-state index in [-0.39, 0.29) is 5.91 Å². The predicted octanol–water partition coefficient (Wildman–Crippen LogP) is 3.62. The Bertz CT molecular complexity index is 1320. The van der Waals surface area contributed by atoms with E-state index in [2.05, 4.69) is 30.8 Å². The molecule has 0 spiro atoms. The molecular weight excluding hydrogens is 552 g/mol. The third kappa shape index (κ3) is 12.9. The van der Waals surface area contributed by atoms with E-state index >= 15 is 0 Å². The highest BCUT2D eigenvalue weighted by molar-refractivity contribution is 5.81. The first-order valence-corrected chi connectivity index (χ1v) is 14.7. The smallest absolute Gasteiger partial charge is 0.407 e. The summed E-state index contributed by atoms with van der Waals surface area (Å²) in [5, 5.41) is 15.8. The topological polar surface area (TPSA) is 142 Å². The summed E-state index contributed by atoms with van der Waals surface area (Å²) in [7, 11) is 0. The fraction of sp³-hybridized carbons (Fsp3) is 0.548. The maximum absolute atomic E-state index is 12.2. The monoisotopic (exact) mass is 596 g/mol. The van der Waals surface area contributed by atoms with Crippen LogP contribution in [-0.2, 0) is 36.8 Å². The van der Waals surface area contributed by atoms with E-state index in [0.717, 1.165) is 36.1 Å². The van der Waals surface area contributed by atoms with Gasteiger partial charge in [0.15, 0.2) is 0 Å². The van der Waals surface area contributed by atoms with Crippen LogP contribution in [0.3, 0.4) is 0 Å². The number of aromatic nitrogens is 3. The molecule has 3 aromatic rings. The molecule has 43 heavy (non-hydrogen) atoms. The zero-order valence-electron chi connectivity index (χ0n) is 25.5. The molecule has 2 heterocycles. The van der Waals surface area contributed by atoms with Crippen molar-refractivity contribution in [3.05, 3.63) is 54.2 Å². The van der Waals surface area contributed by atoms with Crippen LogP contribution >= 0.6 is 0 Å². The van der Waals surface area contributed by atoms with Gasteiger partial charge in [0.05, 0.1) is 57.8 Å². The van der Waals surface area contributed by atoms with Crippen LogP contribution in [0, 0.1) is 11.3 Å². The lowest BCUT2D eigenvalue weighted by molar-refractivity contribution is -0.121. The van der Waals surface area contributed by atoms with Crippen LogP contribution < -0.4 is 10.6 Å². The molecule has 2 aromatic heterocycles. The van der Waals surface area contributed by atoms with Crippen molar-refractivity contribution in [2.75, 3.05) is 52.7 Å². The number of rotatable bonds is 19. The molecule has 0 fully saturated rings. The Morgan fingerprint density at radius 2 is 1.60 bits per heavy atom. The first kappa shape index (κ1) is 33.6. The van der Waals surface area contributed by atoms with Crippen molar-refractivity contribution in [1.29, 1.82) is 5.26 Å². The minimum absolute atomic E-state index is 0.0103. The molecule has 12 heteroatoms. The molecule has 12 nitrogen and oxygen atoms in total. The second-order valence-electron chi connectivity index (χ2n) is 10.9. The Morgan fingerprint density at radius 1 is 0.907 bits per heavy atom. The highest BCUT2D eigenvalue weighted by Gasteiger charge is 2.15. The summed E-state index contributed by atoms with van der Waals surface area (Å²) in [4.78, 5) is 28.2. The summed E-state index contributed by atoms with van der Waals surface area (Å²) in [6, 6.07) is 9.92. The molecule has 0 bridgehead atoms. The van der Waals surface area contributed by atoms with Gasteiger partial charge in [-0.3, -0.25) is 4.79 Å². The highest BCUT2D eigenvalue weighted by Crippen LogP contribution is 2.19. The Morgan fingerprint density at radius 3 is 2.30 bits per heavy atom. The highest BCUT2D eigenvalue weighted by atomic mass is 16.6. The van der Waals surface area contributed by atoms with E-state index in [4.69, 9.17) is 18.9 Å². The molecule has 0 aliphatic rings. The van der Waals surface area contributed by atoms with Crippen molar-refractivity contribution in [2.45, 2.75) is 58.7 Å². The number of amides is 2. The lowest BCUT2D eigenvalue weighted by Crippen LogP contribution is -2.34. The molecule has 0 radical (unpaired) electrons. The number of carbonyl (C=O) groups is 2. The number of alkyl carbamates (subject to hydrolysis) is 1. The van der Waals surface area contributed by atoms with Crippen LogP contribution in [0.1, 0.15) is 51.4 Å². The fourth-order valence-electron chi connectivity index (χ4n) is 4.24. The summed E-state index contributed by atoms with van der Waals surface area (Å²) in [5.41, 5.74) is 1.12. The van der Waals surface area contributed by atoms with Crippen LogP contribution in [0.15, 0.2) is 42.9 Å². The largest absolute Gasteiger partial charge is 0.444 e. The lowest BCUT2D eigenvalue weighted by Gasteiger charge is -2.19. The van der Waals surface area contributed by atoms with Crippen molar-refractivity contribution in [3.63, 3.8) is 0 Å². The maximum atomic E-state index is 12.2. The normalized spacial score (nSPS) is 11.4. The number of unbranched alkanes of at least 4 members (excludes halogenated alkanes) is 1. The van der Waals surface area contributed by atoms with Crippen LogP contribution in [0.25, 0.3) is 10.9 Å². The van der Waals surface area contributed by atoms with E-state index in [9.17, 15) is 14.9 Å². The Kier molecular flexibility index (Phi) is 14.0. The van der Waals surface area contributed by atoms with Gasteiger partial charge < -0.3 is 38.7 Å². The van der Waals surface area contributed by atoms with Crippen molar-refractivity contribution < 1.29 is 28.5 Å². The number of benzene rings is 1. The summed E-state index contributed by atoms with van der Waals surface area (Å²) in [6.07, 6.45) is 7.40. The van der Waals surface area contributed by atoms with Gasteiger partial charge in [-0.05, 0) is 57.2 Å². The van der Waals surface area contributed by atoms with Gasteiger partial charge in [0.25, 0.3) is 0 Å². The lowest BCUT2D eigenvalue weighted by atomic mass is 10.2. The second-order valence-corrected chi connectivity index (χ2v) is 10.9. The molecule has 0 unspecified atom stereocenters. The van der Waals surface area contributed by atoms with Crippen LogP contribution in [0.5, 0.6) is 0 Å². The summed E-state index contributed by atoms with van der Waals surface area (Å²) in [5.74, 6) is 0.946. The molecule has 3 rings (SSSR count). The predicted molar refractivity (Wildman–Crippen MR) is 162 cm³/mol. The molecular formula is C31H44N6O6. The van der Waals surface area contributed by atoms with E-state index < -0.39 is 11.7 Å². The zero-order chi connectivity index (χ0) is 30.9. The van der Waals surface area contributed by atoms with Gasteiger partial charge in [0.2, 0.25) is 5.91 Å². The van der Waals surface area contributed by atoms with Gasteiger partial charge >= 0.3 is 6.09 Å². The van der Waals surface area contributed by atoms with Crippen molar-refractivity contribution in [3.8, 4) is 6.07 Å². The van der Waals surface area contributed by atoms with Gasteiger partial charge in [-0.2, -0.15) is 5.26 Å². The zero-order valence-corrected chi connectivity index (χ0v) is 25.5. The fourth-order valence-corrected chi connectivity index (χ4v) is 4.24. The number of ether oxygens (including phenoxy) is 4. The van der Waals surface area contributed by atoms with Gasteiger partial charge in [0, 0.05) is 50.2 Å². The number of hydrogen-bond donors (Lipinski definition) is 2. The SMILES string of the molecule is CC(C)(C)OC(=O)NCCOCCOCCOCCNC(=O)CCCCn1ccnc1Cn1ccc2ccc(C#N)cc21. The van der Waals surface area contributed by atoms with Gasteiger partial charge in [-0.25, -0.2) is 9.78 Å². The number of nitrogens with one attached hydrogen (secondary N) is 2. The van der Waals surface area contributed by atoms with Crippen molar-refractivity contribution >= 4 is 22.9 Å². The molecule has 234 valence electrons. The summed E-state index contributed by atoms with van der Waals surface area (Å²) >= 11 is 0. The van der Waals surface area contributed by atoms with E-state index in [1.807, 2.05) is 57.4 Å². The Hall–Kier alpha value is -3.92. The van der Waals surface area contributed by atoms with Crippen molar-refractivity contribution in [2.24, 2.45) is 0 Å². The molecule has 0 atom stereocenters. The average Bonchev–Trinajstić information content (AvgIpc) is 3.59. The molecule has 1 aromatic carbocycles.